The Balaban J connectivity index is 1.82. The van der Waals surface area contributed by atoms with E-state index in [1.54, 1.807) is 42.5 Å². The maximum atomic E-state index is 12.7. The van der Waals surface area contributed by atoms with Gasteiger partial charge in [0.1, 0.15) is 5.75 Å². The number of rotatable bonds is 5. The van der Waals surface area contributed by atoms with Crippen molar-refractivity contribution in [3.05, 3.63) is 69.1 Å². The third-order valence-corrected chi connectivity index (χ3v) is 4.90. The van der Waals surface area contributed by atoms with Crippen LogP contribution in [0.5, 0.6) is 5.75 Å². The number of thiocarbonyl (C=S) groups is 1. The van der Waals surface area contributed by atoms with Gasteiger partial charge in [-0.2, -0.15) is 0 Å². The number of carbonyl (C=O) groups excluding carboxylic acids is 1. The first-order valence-electron chi connectivity index (χ1n) is 7.75. The average Bonchev–Trinajstić information content (AvgIpc) is 2.90. The summed E-state index contributed by atoms with van der Waals surface area (Å²) < 4.78 is 5.84. The van der Waals surface area contributed by atoms with E-state index in [1.165, 1.54) is 28.8 Å². The van der Waals surface area contributed by atoms with Gasteiger partial charge in [-0.3, -0.25) is 19.8 Å². The van der Waals surface area contributed by atoms with Crippen LogP contribution in [-0.2, 0) is 4.79 Å². The molecule has 1 aliphatic heterocycles. The third-order valence-electron chi connectivity index (χ3n) is 3.60. The largest absolute Gasteiger partial charge is 0.494 e. The molecule has 0 atom stereocenters. The Kier molecular flexibility index (Phi) is 5.34. The Labute approximate surface area is 159 Å². The summed E-state index contributed by atoms with van der Waals surface area (Å²) in [4.78, 5) is 24.9. The predicted molar refractivity (Wildman–Crippen MR) is 106 cm³/mol. The zero-order valence-corrected chi connectivity index (χ0v) is 15.4. The van der Waals surface area contributed by atoms with Crippen molar-refractivity contribution in [2.75, 3.05) is 11.5 Å². The minimum atomic E-state index is -0.463. The highest BCUT2D eigenvalue weighted by atomic mass is 32.2. The van der Waals surface area contributed by atoms with Crippen molar-refractivity contribution >= 4 is 51.7 Å². The predicted octanol–water partition coefficient (Wildman–Crippen LogP) is 4.40. The van der Waals surface area contributed by atoms with E-state index in [-0.39, 0.29) is 11.6 Å². The van der Waals surface area contributed by atoms with Crippen LogP contribution in [0.1, 0.15) is 12.5 Å². The monoisotopic (exact) mass is 386 g/mol. The van der Waals surface area contributed by atoms with Crippen molar-refractivity contribution < 1.29 is 14.5 Å². The third kappa shape index (κ3) is 3.76. The molecule has 1 amide bonds. The molecule has 3 rings (SSSR count). The molecule has 1 heterocycles. The van der Waals surface area contributed by atoms with E-state index in [1.807, 2.05) is 6.92 Å². The lowest BCUT2D eigenvalue weighted by Gasteiger charge is -2.15. The molecule has 0 spiro atoms. The maximum Gasteiger partial charge on any atom is 0.270 e. The van der Waals surface area contributed by atoms with Gasteiger partial charge in [0.25, 0.3) is 11.6 Å². The molecule has 1 saturated heterocycles. The summed E-state index contributed by atoms with van der Waals surface area (Å²) in [5.74, 6) is 0.505. The summed E-state index contributed by atoms with van der Waals surface area (Å²) in [5.41, 5.74) is 1.37. The van der Waals surface area contributed by atoms with Crippen molar-refractivity contribution in [2.24, 2.45) is 0 Å². The zero-order valence-electron chi connectivity index (χ0n) is 13.7. The lowest BCUT2D eigenvalue weighted by atomic mass is 10.2. The number of nitrogens with zero attached hydrogens (tertiary/aromatic N) is 2. The van der Waals surface area contributed by atoms with Crippen LogP contribution >= 0.6 is 24.0 Å². The van der Waals surface area contributed by atoms with Gasteiger partial charge in [0.15, 0.2) is 4.32 Å². The SMILES string of the molecule is CCOc1ccc(N2C(=O)/C(=C\c3ccc([N+](=O)[O-])cc3)SC2=S)cc1. The molecule has 2 aromatic rings. The van der Waals surface area contributed by atoms with E-state index in [4.69, 9.17) is 17.0 Å². The highest BCUT2D eigenvalue weighted by Crippen LogP contribution is 2.36. The van der Waals surface area contributed by atoms with Gasteiger partial charge in [0.05, 0.1) is 22.1 Å². The number of hydrogen-bond donors (Lipinski definition) is 0. The molecule has 132 valence electrons. The first kappa shape index (κ1) is 18.1. The van der Waals surface area contributed by atoms with Crippen LogP contribution in [-0.4, -0.2) is 21.8 Å². The topological polar surface area (TPSA) is 72.7 Å². The van der Waals surface area contributed by atoms with Crippen molar-refractivity contribution in [1.82, 2.24) is 0 Å². The number of amides is 1. The number of benzene rings is 2. The summed E-state index contributed by atoms with van der Waals surface area (Å²) in [7, 11) is 0. The van der Waals surface area contributed by atoms with Gasteiger partial charge < -0.3 is 4.74 Å². The fourth-order valence-corrected chi connectivity index (χ4v) is 3.69. The summed E-state index contributed by atoms with van der Waals surface area (Å²) in [5, 5.41) is 10.7. The second kappa shape index (κ2) is 7.67. The number of carbonyl (C=O) groups is 1. The van der Waals surface area contributed by atoms with Gasteiger partial charge in [-0.05, 0) is 55.0 Å². The van der Waals surface area contributed by atoms with E-state index >= 15 is 0 Å². The van der Waals surface area contributed by atoms with Crippen molar-refractivity contribution in [3.8, 4) is 5.75 Å². The van der Waals surface area contributed by atoms with Gasteiger partial charge in [-0.15, -0.1) is 0 Å². The van der Waals surface area contributed by atoms with Crippen LogP contribution in [0.3, 0.4) is 0 Å². The molecule has 0 bridgehead atoms. The number of thioether (sulfide) groups is 1. The van der Waals surface area contributed by atoms with Crippen LogP contribution in [0, 0.1) is 10.1 Å². The van der Waals surface area contributed by atoms with Crippen LogP contribution in [0.2, 0.25) is 0 Å². The van der Waals surface area contributed by atoms with Crippen molar-refractivity contribution in [2.45, 2.75) is 6.92 Å². The van der Waals surface area contributed by atoms with Crippen LogP contribution < -0.4 is 9.64 Å². The molecule has 6 nitrogen and oxygen atoms in total. The average molecular weight is 386 g/mol. The molecule has 8 heteroatoms. The van der Waals surface area contributed by atoms with Gasteiger partial charge in [0.2, 0.25) is 0 Å². The number of anilines is 1. The Bertz CT molecular complexity index is 892. The van der Waals surface area contributed by atoms with Gasteiger partial charge in [-0.1, -0.05) is 24.0 Å². The molecule has 0 saturated carbocycles. The quantitative estimate of drug-likeness (QED) is 0.328. The summed E-state index contributed by atoms with van der Waals surface area (Å²) in [6, 6.07) is 13.1. The molecular formula is C18H14N2O4S2. The number of non-ortho nitro benzene ring substituents is 1. The van der Waals surface area contributed by atoms with E-state index in [0.29, 0.717) is 27.1 Å². The standard InChI is InChI=1S/C18H14N2O4S2/c1-2-24-15-9-7-13(8-10-15)19-17(21)16(26-18(19)25)11-12-3-5-14(6-4-12)20(22)23/h3-11H,2H2,1H3/b16-11+. The minimum Gasteiger partial charge on any atom is -0.494 e. The lowest BCUT2D eigenvalue weighted by Crippen LogP contribution is -2.27. The molecule has 0 N–H and O–H groups in total. The first-order valence-corrected chi connectivity index (χ1v) is 8.97. The first-order chi connectivity index (χ1) is 12.5. The Hall–Kier alpha value is -2.71. The van der Waals surface area contributed by atoms with Crippen molar-refractivity contribution in [3.63, 3.8) is 0 Å². The van der Waals surface area contributed by atoms with E-state index in [2.05, 4.69) is 0 Å². The van der Waals surface area contributed by atoms with Crippen molar-refractivity contribution in [1.29, 1.82) is 0 Å². The van der Waals surface area contributed by atoms with Gasteiger partial charge >= 0.3 is 0 Å². The molecule has 26 heavy (non-hydrogen) atoms. The van der Waals surface area contributed by atoms with Gasteiger partial charge in [0, 0.05) is 12.1 Å². The molecule has 0 radical (unpaired) electrons. The molecule has 1 aliphatic rings. The summed E-state index contributed by atoms with van der Waals surface area (Å²) >= 11 is 6.54. The highest BCUT2D eigenvalue weighted by Gasteiger charge is 2.33. The number of nitro benzene ring substituents is 1. The Morgan fingerprint density at radius 1 is 1.19 bits per heavy atom. The van der Waals surface area contributed by atoms with Crippen LogP contribution in [0.15, 0.2) is 53.4 Å². The lowest BCUT2D eigenvalue weighted by molar-refractivity contribution is -0.384. The Morgan fingerprint density at radius 3 is 2.42 bits per heavy atom. The summed E-state index contributed by atoms with van der Waals surface area (Å²) in [6.07, 6.45) is 1.68. The smallest absolute Gasteiger partial charge is 0.270 e. The minimum absolute atomic E-state index is 0.00378. The molecule has 0 aromatic heterocycles. The van der Waals surface area contributed by atoms with E-state index < -0.39 is 4.92 Å². The van der Waals surface area contributed by atoms with Crippen LogP contribution in [0.25, 0.3) is 6.08 Å². The molecular weight excluding hydrogens is 372 g/mol. The summed E-state index contributed by atoms with van der Waals surface area (Å²) in [6.45, 7) is 2.47. The number of ether oxygens (including phenoxy) is 1. The van der Waals surface area contributed by atoms with Gasteiger partial charge in [-0.25, -0.2) is 0 Å². The highest BCUT2D eigenvalue weighted by molar-refractivity contribution is 8.27. The van der Waals surface area contributed by atoms with Crippen LogP contribution in [0.4, 0.5) is 11.4 Å². The zero-order chi connectivity index (χ0) is 18.7. The maximum absolute atomic E-state index is 12.7. The number of hydrogen-bond acceptors (Lipinski definition) is 6. The second-order valence-corrected chi connectivity index (χ2v) is 6.97. The molecule has 2 aromatic carbocycles. The van der Waals surface area contributed by atoms with E-state index in [9.17, 15) is 14.9 Å². The molecule has 0 aliphatic carbocycles. The fraction of sp³-hybridized carbons (Fsp3) is 0.111. The molecule has 0 unspecified atom stereocenters. The number of nitro groups is 1. The Morgan fingerprint density at radius 2 is 1.85 bits per heavy atom. The normalized spacial score (nSPS) is 15.6. The fourth-order valence-electron chi connectivity index (χ4n) is 2.39. The van der Waals surface area contributed by atoms with E-state index in [0.717, 1.165) is 5.75 Å². The second-order valence-electron chi connectivity index (χ2n) is 5.29. The molecule has 1 fully saturated rings.